The number of carboxylic acid groups (broad SMARTS) is 1. The molecule has 0 aliphatic rings. The smallest absolute Gasteiger partial charge is 0.335 e. The number of rotatable bonds is 8. The van der Waals surface area contributed by atoms with E-state index in [0.29, 0.717) is 23.8 Å². The second-order valence-corrected chi connectivity index (χ2v) is 6.16. The van der Waals surface area contributed by atoms with Gasteiger partial charge in [0.1, 0.15) is 12.4 Å². The molecule has 2 aromatic rings. The van der Waals surface area contributed by atoms with Gasteiger partial charge >= 0.3 is 11.9 Å². The molecule has 0 saturated heterocycles. The van der Waals surface area contributed by atoms with Crippen LogP contribution in [0.25, 0.3) is 0 Å². The lowest BCUT2D eigenvalue weighted by molar-refractivity contribution is -0.144. The fourth-order valence-corrected chi connectivity index (χ4v) is 2.19. The highest BCUT2D eigenvalue weighted by molar-refractivity contribution is 5.88. The van der Waals surface area contributed by atoms with Crippen LogP contribution in [0.4, 0.5) is 0 Å². The lowest BCUT2D eigenvalue weighted by atomic mass is 10.1. The first-order chi connectivity index (χ1) is 12.0. The number of carbonyl (C=O) groups is 2. The molecule has 132 valence electrons. The molecule has 0 heterocycles. The van der Waals surface area contributed by atoms with E-state index in [4.69, 9.17) is 14.6 Å². The molecule has 0 aromatic heterocycles. The summed E-state index contributed by atoms with van der Waals surface area (Å²) >= 11 is 0. The number of esters is 1. The summed E-state index contributed by atoms with van der Waals surface area (Å²) in [5, 5.41) is 9.15. The molecule has 0 radical (unpaired) electrons. The highest BCUT2D eigenvalue weighted by Gasteiger charge is 2.14. The fraction of sp³-hybridized carbons (Fsp3) is 0.300. The predicted molar refractivity (Wildman–Crippen MR) is 93.7 cm³/mol. The lowest BCUT2D eigenvalue weighted by Crippen LogP contribution is -2.12. The van der Waals surface area contributed by atoms with Crippen LogP contribution in [0.15, 0.2) is 48.5 Å². The molecule has 0 amide bonds. The summed E-state index contributed by atoms with van der Waals surface area (Å²) in [6.45, 7) is 4.69. The van der Waals surface area contributed by atoms with Crippen LogP contribution in [0.2, 0.25) is 0 Å². The Labute approximate surface area is 147 Å². The van der Waals surface area contributed by atoms with E-state index in [1.807, 2.05) is 44.2 Å². The first-order valence-electron chi connectivity index (χ1n) is 8.14. The zero-order valence-electron chi connectivity index (χ0n) is 14.4. The minimum absolute atomic E-state index is 0.0403. The third-order valence-corrected chi connectivity index (χ3v) is 3.46. The minimum atomic E-state index is -1.05. The number of hydrogen-bond donors (Lipinski definition) is 1. The highest BCUT2D eigenvalue weighted by Crippen LogP contribution is 2.22. The van der Waals surface area contributed by atoms with Crippen molar-refractivity contribution in [2.45, 2.75) is 26.9 Å². The van der Waals surface area contributed by atoms with Crippen LogP contribution in [0, 0.1) is 5.92 Å². The summed E-state index contributed by atoms with van der Waals surface area (Å²) in [5.74, 6) is -0.650. The summed E-state index contributed by atoms with van der Waals surface area (Å²) in [4.78, 5) is 23.3. The lowest BCUT2D eigenvalue weighted by Gasteiger charge is -2.14. The molecule has 5 nitrogen and oxygen atoms in total. The second kappa shape index (κ2) is 8.87. The van der Waals surface area contributed by atoms with Gasteiger partial charge in [-0.15, -0.1) is 0 Å². The molecular weight excluding hydrogens is 320 g/mol. The molecule has 0 unspecified atom stereocenters. The van der Waals surface area contributed by atoms with Gasteiger partial charge < -0.3 is 14.6 Å². The average molecular weight is 342 g/mol. The maximum Gasteiger partial charge on any atom is 0.335 e. The maximum atomic E-state index is 12.1. The summed E-state index contributed by atoms with van der Waals surface area (Å²) in [5.41, 5.74) is 1.52. The van der Waals surface area contributed by atoms with E-state index in [1.165, 1.54) is 12.1 Å². The van der Waals surface area contributed by atoms with E-state index in [9.17, 15) is 9.59 Å². The van der Waals surface area contributed by atoms with Crippen LogP contribution < -0.4 is 4.74 Å². The number of aromatic carboxylic acids is 1. The van der Waals surface area contributed by atoms with Gasteiger partial charge in [0, 0.05) is 5.56 Å². The predicted octanol–water partition coefficient (Wildman–Crippen LogP) is 3.71. The molecule has 1 N–H and O–H groups in total. The van der Waals surface area contributed by atoms with Crippen molar-refractivity contribution in [1.29, 1.82) is 0 Å². The normalized spacial score (nSPS) is 10.5. The fourth-order valence-electron chi connectivity index (χ4n) is 2.19. The Bertz CT molecular complexity index is 722. The number of ether oxygens (including phenoxy) is 2. The zero-order chi connectivity index (χ0) is 18.2. The monoisotopic (exact) mass is 342 g/mol. The standard InChI is InChI=1S/C20H22O5/c1-14(2)12-24-18-9-8-16(20(22)23)10-17(18)11-19(21)25-13-15-6-4-3-5-7-15/h3-10,14H,11-13H2,1-2H3,(H,22,23). The van der Waals surface area contributed by atoms with E-state index in [0.717, 1.165) is 5.56 Å². The Morgan fingerprint density at radius 1 is 1.08 bits per heavy atom. The van der Waals surface area contributed by atoms with Gasteiger partial charge in [0.2, 0.25) is 0 Å². The highest BCUT2D eigenvalue weighted by atomic mass is 16.5. The van der Waals surface area contributed by atoms with Gasteiger partial charge in [0.25, 0.3) is 0 Å². The Morgan fingerprint density at radius 2 is 1.80 bits per heavy atom. The maximum absolute atomic E-state index is 12.1. The van der Waals surface area contributed by atoms with Crippen LogP contribution in [0.3, 0.4) is 0 Å². The second-order valence-electron chi connectivity index (χ2n) is 6.16. The molecule has 5 heteroatoms. The first-order valence-corrected chi connectivity index (χ1v) is 8.14. The summed E-state index contributed by atoms with van der Waals surface area (Å²) < 4.78 is 11.0. The summed E-state index contributed by atoms with van der Waals surface area (Å²) in [7, 11) is 0. The van der Waals surface area contributed by atoms with Crippen molar-refractivity contribution in [3.8, 4) is 5.75 Å². The van der Waals surface area contributed by atoms with Gasteiger partial charge in [-0.1, -0.05) is 44.2 Å². The van der Waals surface area contributed by atoms with Gasteiger partial charge in [0.15, 0.2) is 0 Å². The number of hydrogen-bond acceptors (Lipinski definition) is 4. The molecule has 0 spiro atoms. The van der Waals surface area contributed by atoms with Crippen molar-refractivity contribution in [3.63, 3.8) is 0 Å². The van der Waals surface area contributed by atoms with Crippen molar-refractivity contribution in [2.24, 2.45) is 5.92 Å². The summed E-state index contributed by atoms with van der Waals surface area (Å²) in [6, 6.07) is 13.9. The number of carbonyl (C=O) groups excluding carboxylic acids is 1. The Hall–Kier alpha value is -2.82. The van der Waals surface area contributed by atoms with E-state index < -0.39 is 11.9 Å². The van der Waals surface area contributed by atoms with Crippen LogP contribution >= 0.6 is 0 Å². The van der Waals surface area contributed by atoms with Gasteiger partial charge in [-0.05, 0) is 29.7 Å². The van der Waals surface area contributed by atoms with Crippen molar-refractivity contribution < 1.29 is 24.2 Å². The largest absolute Gasteiger partial charge is 0.493 e. The Kier molecular flexibility index (Phi) is 6.57. The third-order valence-electron chi connectivity index (χ3n) is 3.46. The first kappa shape index (κ1) is 18.5. The summed E-state index contributed by atoms with van der Waals surface area (Å²) in [6.07, 6.45) is -0.0403. The molecule has 2 rings (SSSR count). The van der Waals surface area contributed by atoms with E-state index in [2.05, 4.69) is 0 Å². The molecule has 0 atom stereocenters. The number of benzene rings is 2. The van der Waals surface area contributed by atoms with Crippen molar-refractivity contribution >= 4 is 11.9 Å². The molecule has 0 bridgehead atoms. The average Bonchev–Trinajstić information content (AvgIpc) is 2.59. The van der Waals surface area contributed by atoms with Crippen LogP contribution in [0.5, 0.6) is 5.75 Å². The SMILES string of the molecule is CC(C)COc1ccc(C(=O)O)cc1CC(=O)OCc1ccccc1. The Morgan fingerprint density at radius 3 is 2.44 bits per heavy atom. The molecular formula is C20H22O5. The Balaban J connectivity index is 2.07. The van der Waals surface area contributed by atoms with Crippen molar-refractivity contribution in [3.05, 3.63) is 65.2 Å². The number of carboxylic acids is 1. The van der Waals surface area contributed by atoms with Crippen LogP contribution in [-0.4, -0.2) is 23.7 Å². The van der Waals surface area contributed by atoms with E-state index >= 15 is 0 Å². The molecule has 0 fully saturated rings. The zero-order valence-corrected chi connectivity index (χ0v) is 14.4. The van der Waals surface area contributed by atoms with E-state index in [-0.39, 0.29) is 18.6 Å². The topological polar surface area (TPSA) is 72.8 Å². The van der Waals surface area contributed by atoms with Gasteiger partial charge in [-0.3, -0.25) is 4.79 Å². The molecule has 0 aliphatic carbocycles. The van der Waals surface area contributed by atoms with Gasteiger partial charge in [-0.2, -0.15) is 0 Å². The minimum Gasteiger partial charge on any atom is -0.493 e. The molecule has 0 saturated carbocycles. The third kappa shape index (κ3) is 5.95. The molecule has 2 aromatic carbocycles. The van der Waals surface area contributed by atoms with Gasteiger partial charge in [-0.25, -0.2) is 4.79 Å². The molecule has 0 aliphatic heterocycles. The quantitative estimate of drug-likeness (QED) is 0.741. The van der Waals surface area contributed by atoms with Crippen molar-refractivity contribution in [2.75, 3.05) is 6.61 Å². The van der Waals surface area contributed by atoms with Gasteiger partial charge in [0.05, 0.1) is 18.6 Å². The van der Waals surface area contributed by atoms with Crippen LogP contribution in [-0.2, 0) is 22.6 Å². The van der Waals surface area contributed by atoms with Crippen LogP contribution in [0.1, 0.15) is 35.3 Å². The van der Waals surface area contributed by atoms with Crippen molar-refractivity contribution in [1.82, 2.24) is 0 Å². The van der Waals surface area contributed by atoms with E-state index in [1.54, 1.807) is 6.07 Å². The molecule has 25 heavy (non-hydrogen) atoms.